The van der Waals surface area contributed by atoms with Crippen LogP contribution in [0.1, 0.15) is 22.9 Å². The second-order valence-corrected chi connectivity index (χ2v) is 13.0. The molecule has 2 aliphatic rings. The predicted molar refractivity (Wildman–Crippen MR) is 175 cm³/mol. The molecule has 1 saturated heterocycles. The molecular weight excluding hydrogens is 604 g/mol. The largest absolute Gasteiger partial charge is 0.473 e. The molecule has 0 bridgehead atoms. The highest BCUT2D eigenvalue weighted by Gasteiger charge is 2.32. The number of sulfonamides is 1. The third-order valence-corrected chi connectivity index (χ3v) is 9.78. The number of anilines is 2. The minimum Gasteiger partial charge on any atom is -0.473 e. The molecule has 2 N–H and O–H groups in total. The summed E-state index contributed by atoms with van der Waals surface area (Å²) >= 11 is 0. The van der Waals surface area contributed by atoms with E-state index in [0.717, 1.165) is 12.1 Å². The summed E-state index contributed by atoms with van der Waals surface area (Å²) in [7, 11) is -1.90. The van der Waals surface area contributed by atoms with Gasteiger partial charge < -0.3 is 14.8 Å². The molecule has 2 aromatic heterocycles. The molecule has 0 amide bonds. The lowest BCUT2D eigenvalue weighted by molar-refractivity contribution is -0.0793. The van der Waals surface area contributed by atoms with Crippen LogP contribution >= 0.6 is 0 Å². The van der Waals surface area contributed by atoms with Crippen LogP contribution in [0.3, 0.4) is 0 Å². The van der Waals surface area contributed by atoms with Crippen molar-refractivity contribution in [3.63, 3.8) is 0 Å². The minimum atomic E-state index is -3.90. The number of hydrogen-bond donors (Lipinski definition) is 2. The van der Waals surface area contributed by atoms with Gasteiger partial charge in [0.05, 0.1) is 18.1 Å². The van der Waals surface area contributed by atoms with Crippen LogP contribution in [-0.2, 0) is 21.2 Å². The molecule has 2 unspecified atom stereocenters. The number of likely N-dealkylation sites (N-methyl/N-ethyl adjacent to an activating group) is 1. The molecule has 0 aliphatic carbocycles. The van der Waals surface area contributed by atoms with Crippen molar-refractivity contribution in [2.24, 2.45) is 0 Å². The Labute approximate surface area is 266 Å². The predicted octanol–water partition coefficient (Wildman–Crippen LogP) is 4.30. The quantitative estimate of drug-likeness (QED) is 0.269. The van der Waals surface area contributed by atoms with Gasteiger partial charge in [0, 0.05) is 35.8 Å². The van der Waals surface area contributed by atoms with Gasteiger partial charge in [0.15, 0.2) is 6.23 Å². The summed E-state index contributed by atoms with van der Waals surface area (Å²) in [6, 6.07) is 25.2. The third-order valence-electron chi connectivity index (χ3n) is 8.22. The van der Waals surface area contributed by atoms with Gasteiger partial charge in [-0.3, -0.25) is 14.3 Å². The fourth-order valence-electron chi connectivity index (χ4n) is 5.74. The van der Waals surface area contributed by atoms with E-state index in [0.29, 0.717) is 46.7 Å². The molecule has 0 radical (unpaired) electrons. The molecule has 3 aromatic carbocycles. The Hall–Kier alpha value is -4.88. The third kappa shape index (κ3) is 5.79. The number of rotatable bonds is 7. The average molecular weight is 637 g/mol. The topological polar surface area (TPSA) is 128 Å². The lowest BCUT2D eigenvalue weighted by atomic mass is 9.99. The van der Waals surface area contributed by atoms with E-state index in [1.807, 2.05) is 61.6 Å². The lowest BCUT2D eigenvalue weighted by Crippen LogP contribution is -2.46. The van der Waals surface area contributed by atoms with E-state index in [2.05, 4.69) is 26.5 Å². The Morgan fingerprint density at radius 3 is 2.61 bits per heavy atom. The van der Waals surface area contributed by atoms with E-state index in [-0.39, 0.29) is 29.1 Å². The van der Waals surface area contributed by atoms with Gasteiger partial charge in [-0.15, -0.1) is 0 Å². The van der Waals surface area contributed by atoms with Crippen molar-refractivity contribution in [3.8, 4) is 5.75 Å². The van der Waals surface area contributed by atoms with Crippen LogP contribution < -0.4 is 20.3 Å². The first-order valence-electron chi connectivity index (χ1n) is 14.9. The molecule has 5 aromatic rings. The first-order valence-corrected chi connectivity index (χ1v) is 16.3. The molecule has 2 atom stereocenters. The van der Waals surface area contributed by atoms with Crippen molar-refractivity contribution < 1.29 is 17.9 Å². The van der Waals surface area contributed by atoms with Crippen molar-refractivity contribution >= 4 is 38.3 Å². The zero-order valence-corrected chi connectivity index (χ0v) is 25.9. The van der Waals surface area contributed by atoms with Crippen LogP contribution in [-0.4, -0.2) is 60.9 Å². The SMILES string of the molecule is C=C(c1ccccc1)c1cc2cnc(Nc3ccc(OC4COCCN4C)cc3)nc2n(C2Cc3ccccc3S(=O)(=O)N2)c1=O. The highest BCUT2D eigenvalue weighted by molar-refractivity contribution is 7.89. The fraction of sp³-hybridized carbons (Fsp3) is 0.206. The van der Waals surface area contributed by atoms with Gasteiger partial charge in [-0.25, -0.2) is 13.4 Å². The number of ether oxygens (including phenoxy) is 2. The highest BCUT2D eigenvalue weighted by Crippen LogP contribution is 2.30. The average Bonchev–Trinajstić information content (AvgIpc) is 3.06. The molecule has 2 aliphatic heterocycles. The maximum atomic E-state index is 14.3. The zero-order chi connectivity index (χ0) is 31.8. The number of aromatic nitrogens is 3. The molecule has 11 nitrogen and oxygen atoms in total. The summed E-state index contributed by atoms with van der Waals surface area (Å²) in [5.41, 5.74) is 2.78. The van der Waals surface area contributed by atoms with Gasteiger partial charge in [-0.1, -0.05) is 55.1 Å². The van der Waals surface area contributed by atoms with Crippen molar-refractivity contribution in [2.45, 2.75) is 23.7 Å². The van der Waals surface area contributed by atoms with Gasteiger partial charge in [0.2, 0.25) is 16.0 Å². The molecule has 0 spiro atoms. The van der Waals surface area contributed by atoms with Crippen LogP contribution in [0.25, 0.3) is 16.6 Å². The molecule has 46 heavy (non-hydrogen) atoms. The second-order valence-electron chi connectivity index (χ2n) is 11.3. The summed E-state index contributed by atoms with van der Waals surface area (Å²) < 4.78 is 42.4. The van der Waals surface area contributed by atoms with Crippen molar-refractivity contribution in [1.82, 2.24) is 24.2 Å². The van der Waals surface area contributed by atoms with Gasteiger partial charge in [0.1, 0.15) is 17.6 Å². The van der Waals surface area contributed by atoms with E-state index < -0.39 is 21.7 Å². The van der Waals surface area contributed by atoms with Crippen LogP contribution in [0.4, 0.5) is 11.6 Å². The van der Waals surface area contributed by atoms with E-state index in [1.54, 1.807) is 36.5 Å². The Morgan fingerprint density at radius 1 is 1.07 bits per heavy atom. The molecule has 12 heteroatoms. The van der Waals surface area contributed by atoms with Gasteiger partial charge in [-0.2, -0.15) is 9.71 Å². The van der Waals surface area contributed by atoms with E-state index in [4.69, 9.17) is 14.5 Å². The Balaban J connectivity index is 1.26. The van der Waals surface area contributed by atoms with Crippen LogP contribution in [0.15, 0.2) is 107 Å². The first-order chi connectivity index (χ1) is 22.3. The molecule has 0 saturated carbocycles. The monoisotopic (exact) mass is 636 g/mol. The number of pyridine rings is 1. The summed E-state index contributed by atoms with van der Waals surface area (Å²) in [5, 5.41) is 3.75. The van der Waals surface area contributed by atoms with Crippen molar-refractivity contribution in [3.05, 3.63) is 125 Å². The summed E-state index contributed by atoms with van der Waals surface area (Å²) in [6.45, 7) is 6.18. The summed E-state index contributed by atoms with van der Waals surface area (Å²) in [6.07, 6.45) is 0.769. The minimum absolute atomic E-state index is 0.167. The number of fused-ring (bicyclic) bond motifs is 2. The molecular formula is C34H32N6O5S. The fourth-order valence-corrected chi connectivity index (χ4v) is 7.17. The Kier molecular flexibility index (Phi) is 7.87. The maximum absolute atomic E-state index is 14.3. The standard InChI is InChI=1S/C34H32N6O5S/c1-22(23-8-4-3-5-9-23)28-18-25-20-35-34(36-26-12-14-27(15-13-26)45-31-21-44-17-16-39(31)2)37-32(25)40(33(28)41)30-19-24-10-6-7-11-29(24)46(42,43)38-30/h3-15,18,20,30-31,38H,1,16-17,19,21H2,2H3,(H,35,36,37). The number of nitrogens with one attached hydrogen (secondary N) is 2. The van der Waals surface area contributed by atoms with Gasteiger partial charge in [-0.05, 0) is 60.1 Å². The van der Waals surface area contributed by atoms with Gasteiger partial charge in [0.25, 0.3) is 5.56 Å². The second kappa shape index (κ2) is 12.1. The maximum Gasteiger partial charge on any atom is 0.261 e. The van der Waals surface area contributed by atoms with Gasteiger partial charge >= 0.3 is 0 Å². The summed E-state index contributed by atoms with van der Waals surface area (Å²) in [5.74, 6) is 0.931. The van der Waals surface area contributed by atoms with E-state index in [9.17, 15) is 13.2 Å². The Bertz CT molecular complexity index is 2100. The Morgan fingerprint density at radius 2 is 1.83 bits per heavy atom. The molecule has 7 rings (SSSR count). The normalized spacial score (nSPS) is 19.3. The zero-order valence-electron chi connectivity index (χ0n) is 25.1. The van der Waals surface area contributed by atoms with Crippen molar-refractivity contribution in [1.29, 1.82) is 0 Å². The molecule has 234 valence electrons. The summed E-state index contributed by atoms with van der Waals surface area (Å²) in [4.78, 5) is 25.8. The molecule has 4 heterocycles. The van der Waals surface area contributed by atoms with Crippen LogP contribution in [0.2, 0.25) is 0 Å². The molecule has 1 fully saturated rings. The number of morpholine rings is 1. The highest BCUT2D eigenvalue weighted by atomic mass is 32.2. The smallest absolute Gasteiger partial charge is 0.261 e. The van der Waals surface area contributed by atoms with E-state index >= 15 is 0 Å². The number of benzene rings is 3. The van der Waals surface area contributed by atoms with Crippen LogP contribution in [0.5, 0.6) is 5.75 Å². The number of nitrogens with zero attached hydrogens (tertiary/aromatic N) is 4. The van der Waals surface area contributed by atoms with E-state index in [1.165, 1.54) is 4.57 Å². The number of hydrogen-bond acceptors (Lipinski definition) is 9. The van der Waals surface area contributed by atoms with Crippen LogP contribution in [0, 0.1) is 0 Å². The first kappa shape index (κ1) is 29.8. The lowest BCUT2D eigenvalue weighted by Gasteiger charge is -2.32. The van der Waals surface area contributed by atoms with Crippen molar-refractivity contribution in [2.75, 3.05) is 32.1 Å².